The number of carbonyl (C=O) groups is 1. The molecule has 0 fully saturated rings. The summed E-state index contributed by atoms with van der Waals surface area (Å²) in [6, 6.07) is 7.07. The Balaban J connectivity index is 2.05. The van der Waals surface area contributed by atoms with E-state index in [1.807, 2.05) is 0 Å². The molecule has 3 rings (SSSR count). The molecule has 104 valence electrons. The molecule has 1 atom stereocenters. The van der Waals surface area contributed by atoms with Gasteiger partial charge < -0.3 is 5.73 Å². The van der Waals surface area contributed by atoms with Crippen LogP contribution < -0.4 is 5.73 Å². The summed E-state index contributed by atoms with van der Waals surface area (Å²) in [6.07, 6.45) is 3.11. The number of thiophene rings is 1. The number of hydrogen-bond donors (Lipinski definition) is 1. The molecule has 20 heavy (non-hydrogen) atoms. The summed E-state index contributed by atoms with van der Waals surface area (Å²) in [5.41, 5.74) is 8.59. The monoisotopic (exact) mass is 305 g/mol. The lowest BCUT2D eigenvalue weighted by Gasteiger charge is -2.18. The minimum absolute atomic E-state index is 0.00273. The topological polar surface area (TPSA) is 43.1 Å². The van der Waals surface area contributed by atoms with Crippen molar-refractivity contribution < 1.29 is 4.79 Å². The summed E-state index contributed by atoms with van der Waals surface area (Å²) in [7, 11) is 0. The molecule has 1 heterocycles. The third-order valence-corrected chi connectivity index (χ3v) is 5.17. The first-order valence-corrected chi connectivity index (χ1v) is 7.96. The Kier molecular flexibility index (Phi) is 3.57. The van der Waals surface area contributed by atoms with Crippen LogP contribution in [0.2, 0.25) is 5.02 Å². The van der Waals surface area contributed by atoms with Crippen LogP contribution in [0.5, 0.6) is 0 Å². The molecule has 0 bridgehead atoms. The van der Waals surface area contributed by atoms with E-state index in [9.17, 15) is 4.79 Å². The number of carbonyl (C=O) groups excluding carboxylic acids is 1. The second kappa shape index (κ2) is 5.23. The van der Waals surface area contributed by atoms with Crippen molar-refractivity contribution in [1.82, 2.24) is 0 Å². The van der Waals surface area contributed by atoms with Crippen LogP contribution >= 0.6 is 22.9 Å². The Morgan fingerprint density at radius 2 is 2.25 bits per heavy atom. The van der Waals surface area contributed by atoms with Crippen LogP contribution in [0.1, 0.15) is 39.7 Å². The van der Waals surface area contributed by atoms with Crippen molar-refractivity contribution in [2.45, 2.75) is 26.2 Å². The maximum atomic E-state index is 12.7. The van der Waals surface area contributed by atoms with Gasteiger partial charge in [0.2, 0.25) is 0 Å². The fourth-order valence-electron chi connectivity index (χ4n) is 2.80. The summed E-state index contributed by atoms with van der Waals surface area (Å²) in [5, 5.41) is 1.22. The van der Waals surface area contributed by atoms with E-state index in [0.717, 1.165) is 24.8 Å². The van der Waals surface area contributed by atoms with Gasteiger partial charge in [0.25, 0.3) is 0 Å². The standard InChI is InChI=1S/C16H16ClNOS/c1-9-5-6-12-13(7-9)20-16(18)14(12)15(19)10-3-2-4-11(17)8-10/h2-4,8-9H,5-7,18H2,1H3. The highest BCUT2D eigenvalue weighted by Gasteiger charge is 2.27. The molecule has 0 saturated carbocycles. The summed E-state index contributed by atoms with van der Waals surface area (Å²) in [4.78, 5) is 14.0. The lowest BCUT2D eigenvalue weighted by atomic mass is 9.86. The van der Waals surface area contributed by atoms with E-state index >= 15 is 0 Å². The van der Waals surface area contributed by atoms with Crippen LogP contribution in [-0.2, 0) is 12.8 Å². The van der Waals surface area contributed by atoms with E-state index in [-0.39, 0.29) is 5.78 Å². The minimum Gasteiger partial charge on any atom is -0.390 e. The molecule has 0 saturated heterocycles. The largest absolute Gasteiger partial charge is 0.390 e. The van der Waals surface area contributed by atoms with Crippen LogP contribution in [0.3, 0.4) is 0 Å². The maximum absolute atomic E-state index is 12.7. The van der Waals surface area contributed by atoms with Crippen molar-refractivity contribution in [2.75, 3.05) is 5.73 Å². The molecule has 0 spiro atoms. The molecule has 2 N–H and O–H groups in total. The van der Waals surface area contributed by atoms with Crippen LogP contribution in [0, 0.1) is 5.92 Å². The average molecular weight is 306 g/mol. The Hall–Kier alpha value is -1.32. The number of nitrogen functional groups attached to an aromatic ring is 1. The normalized spacial score (nSPS) is 17.8. The van der Waals surface area contributed by atoms with Gasteiger partial charge in [0.1, 0.15) is 0 Å². The fraction of sp³-hybridized carbons (Fsp3) is 0.312. The van der Waals surface area contributed by atoms with Crippen molar-refractivity contribution in [3.05, 3.63) is 50.9 Å². The predicted octanol–water partition coefficient (Wildman–Crippen LogP) is 4.34. The molecular formula is C16H16ClNOS. The van der Waals surface area contributed by atoms with E-state index in [2.05, 4.69) is 6.92 Å². The summed E-state index contributed by atoms with van der Waals surface area (Å²) >= 11 is 7.54. The number of anilines is 1. The molecule has 1 unspecified atom stereocenters. The van der Waals surface area contributed by atoms with Gasteiger partial charge in [-0.1, -0.05) is 30.7 Å². The minimum atomic E-state index is -0.00273. The SMILES string of the molecule is CC1CCc2c(sc(N)c2C(=O)c2cccc(Cl)c2)C1. The van der Waals surface area contributed by atoms with Crippen molar-refractivity contribution in [1.29, 1.82) is 0 Å². The smallest absolute Gasteiger partial charge is 0.196 e. The van der Waals surface area contributed by atoms with Crippen molar-refractivity contribution in [3.8, 4) is 0 Å². The second-order valence-electron chi connectivity index (χ2n) is 5.43. The molecular weight excluding hydrogens is 290 g/mol. The lowest BCUT2D eigenvalue weighted by molar-refractivity contribution is 0.103. The van der Waals surface area contributed by atoms with Crippen molar-refractivity contribution >= 4 is 33.7 Å². The number of nitrogens with two attached hydrogens (primary N) is 1. The van der Waals surface area contributed by atoms with Gasteiger partial charge in [-0.2, -0.15) is 0 Å². The van der Waals surface area contributed by atoms with E-state index in [1.165, 1.54) is 4.88 Å². The van der Waals surface area contributed by atoms with Gasteiger partial charge in [-0.25, -0.2) is 0 Å². The average Bonchev–Trinajstić information content (AvgIpc) is 2.73. The zero-order valence-corrected chi connectivity index (χ0v) is 12.9. The van der Waals surface area contributed by atoms with Gasteiger partial charge in [0, 0.05) is 15.5 Å². The number of fused-ring (bicyclic) bond motifs is 1. The van der Waals surface area contributed by atoms with E-state index in [0.29, 0.717) is 27.1 Å². The molecule has 0 aliphatic heterocycles. The molecule has 0 radical (unpaired) electrons. The number of ketones is 1. The Morgan fingerprint density at radius 3 is 3.00 bits per heavy atom. The van der Waals surface area contributed by atoms with Gasteiger partial charge >= 0.3 is 0 Å². The van der Waals surface area contributed by atoms with Gasteiger partial charge in [-0.3, -0.25) is 4.79 Å². The first-order chi connectivity index (χ1) is 9.56. The molecule has 4 heteroatoms. The second-order valence-corrected chi connectivity index (χ2v) is 7.00. The molecule has 1 aromatic heterocycles. The Morgan fingerprint density at radius 1 is 1.45 bits per heavy atom. The lowest BCUT2D eigenvalue weighted by Crippen LogP contribution is -2.13. The third kappa shape index (κ3) is 2.36. The highest BCUT2D eigenvalue weighted by molar-refractivity contribution is 7.16. The van der Waals surface area contributed by atoms with E-state index in [4.69, 9.17) is 17.3 Å². The molecule has 1 aromatic carbocycles. The van der Waals surface area contributed by atoms with Gasteiger partial charge in [-0.15, -0.1) is 11.3 Å². The summed E-state index contributed by atoms with van der Waals surface area (Å²) in [5.74, 6) is 0.673. The fourth-order valence-corrected chi connectivity index (χ4v) is 4.26. The first kappa shape index (κ1) is 13.7. The molecule has 2 nitrogen and oxygen atoms in total. The maximum Gasteiger partial charge on any atom is 0.196 e. The first-order valence-electron chi connectivity index (χ1n) is 6.76. The Labute approximate surface area is 127 Å². The van der Waals surface area contributed by atoms with Crippen LogP contribution in [-0.4, -0.2) is 5.78 Å². The number of halogens is 1. The van der Waals surface area contributed by atoms with Gasteiger partial charge in [-0.05, 0) is 42.9 Å². The van der Waals surface area contributed by atoms with Crippen LogP contribution in [0.15, 0.2) is 24.3 Å². The highest BCUT2D eigenvalue weighted by Crippen LogP contribution is 2.39. The number of benzene rings is 1. The zero-order valence-electron chi connectivity index (χ0n) is 11.3. The van der Waals surface area contributed by atoms with Crippen LogP contribution in [0.25, 0.3) is 0 Å². The van der Waals surface area contributed by atoms with Crippen LogP contribution in [0.4, 0.5) is 5.00 Å². The molecule has 1 aliphatic rings. The number of hydrogen-bond acceptors (Lipinski definition) is 3. The third-order valence-electron chi connectivity index (χ3n) is 3.85. The highest BCUT2D eigenvalue weighted by atomic mass is 35.5. The van der Waals surface area contributed by atoms with E-state index < -0.39 is 0 Å². The van der Waals surface area contributed by atoms with Crippen molar-refractivity contribution in [2.24, 2.45) is 5.92 Å². The number of rotatable bonds is 2. The quantitative estimate of drug-likeness (QED) is 0.839. The van der Waals surface area contributed by atoms with Crippen molar-refractivity contribution in [3.63, 3.8) is 0 Å². The van der Waals surface area contributed by atoms with E-state index in [1.54, 1.807) is 35.6 Å². The summed E-state index contributed by atoms with van der Waals surface area (Å²) in [6.45, 7) is 2.25. The van der Waals surface area contributed by atoms with Gasteiger partial charge in [0.15, 0.2) is 5.78 Å². The molecule has 1 aliphatic carbocycles. The van der Waals surface area contributed by atoms with Gasteiger partial charge in [0.05, 0.1) is 10.6 Å². The summed E-state index contributed by atoms with van der Waals surface area (Å²) < 4.78 is 0. The molecule has 2 aromatic rings. The molecule has 0 amide bonds. The Bertz CT molecular complexity index is 677. The predicted molar refractivity (Wildman–Crippen MR) is 84.8 cm³/mol. The zero-order chi connectivity index (χ0) is 14.3.